The fourth-order valence-electron chi connectivity index (χ4n) is 1.98. The topological polar surface area (TPSA) is 21.3 Å². The van der Waals surface area contributed by atoms with Crippen molar-refractivity contribution in [2.24, 2.45) is 0 Å². The first kappa shape index (κ1) is 14.8. The van der Waals surface area contributed by atoms with Crippen LogP contribution in [0.25, 0.3) is 0 Å². The molecule has 2 rings (SSSR count). The predicted molar refractivity (Wildman–Crippen MR) is 79.7 cm³/mol. The van der Waals surface area contributed by atoms with Crippen molar-refractivity contribution in [2.45, 2.75) is 19.5 Å². The Morgan fingerprint density at radius 1 is 1.25 bits per heavy atom. The maximum Gasteiger partial charge on any atom is 0.165 e. The van der Waals surface area contributed by atoms with Crippen LogP contribution in [0.5, 0.6) is 5.75 Å². The molecule has 0 aliphatic carbocycles. The number of rotatable bonds is 5. The molecule has 0 saturated carbocycles. The summed E-state index contributed by atoms with van der Waals surface area (Å²) in [4.78, 5) is 0. The van der Waals surface area contributed by atoms with E-state index < -0.39 is 0 Å². The van der Waals surface area contributed by atoms with E-state index in [0.717, 1.165) is 11.1 Å². The van der Waals surface area contributed by atoms with Crippen molar-refractivity contribution >= 4 is 11.6 Å². The van der Waals surface area contributed by atoms with Gasteiger partial charge < -0.3 is 10.1 Å². The molecule has 1 atom stereocenters. The molecule has 2 aromatic rings. The number of nitrogens with one attached hydrogen (secondary N) is 1. The zero-order chi connectivity index (χ0) is 14.5. The maximum absolute atomic E-state index is 13.6. The average molecular weight is 294 g/mol. The number of benzene rings is 2. The van der Waals surface area contributed by atoms with Gasteiger partial charge in [-0.15, -0.1) is 0 Å². The van der Waals surface area contributed by atoms with Crippen LogP contribution in [0, 0.1) is 5.82 Å². The Bertz CT molecular complexity index is 588. The van der Waals surface area contributed by atoms with Gasteiger partial charge >= 0.3 is 0 Å². The van der Waals surface area contributed by atoms with Crippen LogP contribution in [0.3, 0.4) is 0 Å². The van der Waals surface area contributed by atoms with Gasteiger partial charge in [-0.1, -0.05) is 29.8 Å². The molecule has 0 amide bonds. The van der Waals surface area contributed by atoms with Crippen LogP contribution in [0.2, 0.25) is 5.02 Å². The minimum atomic E-state index is -0.345. The van der Waals surface area contributed by atoms with Gasteiger partial charge in [0.05, 0.1) is 7.11 Å². The van der Waals surface area contributed by atoms with E-state index in [4.69, 9.17) is 16.3 Å². The zero-order valence-corrected chi connectivity index (χ0v) is 12.2. The van der Waals surface area contributed by atoms with Gasteiger partial charge in [0.2, 0.25) is 0 Å². The summed E-state index contributed by atoms with van der Waals surface area (Å²) >= 11 is 5.97. The maximum atomic E-state index is 13.6. The molecule has 2 nitrogen and oxygen atoms in total. The van der Waals surface area contributed by atoms with Crippen molar-refractivity contribution in [1.29, 1.82) is 0 Å². The first-order valence-electron chi connectivity index (χ1n) is 6.41. The molecule has 0 radical (unpaired) electrons. The second-order valence-electron chi connectivity index (χ2n) is 4.63. The van der Waals surface area contributed by atoms with Crippen LogP contribution < -0.4 is 10.1 Å². The molecule has 2 aromatic carbocycles. The lowest BCUT2D eigenvalue weighted by molar-refractivity contribution is 0.386. The Kier molecular flexibility index (Phi) is 4.99. The Balaban J connectivity index is 1.99. The molecule has 0 spiro atoms. The lowest BCUT2D eigenvalue weighted by atomic mass is 10.1. The van der Waals surface area contributed by atoms with Crippen molar-refractivity contribution in [3.05, 3.63) is 64.4 Å². The Morgan fingerprint density at radius 3 is 2.70 bits per heavy atom. The van der Waals surface area contributed by atoms with Gasteiger partial charge in [0.15, 0.2) is 11.6 Å². The van der Waals surface area contributed by atoms with Crippen LogP contribution in [-0.4, -0.2) is 7.11 Å². The highest BCUT2D eigenvalue weighted by Gasteiger charge is 2.07. The standard InChI is InChI=1S/C16H17ClFNO/c1-11(13-4-3-5-14(17)9-13)19-10-12-6-7-16(20-2)15(18)8-12/h3-9,11,19H,10H2,1-2H3/t11-/m0/s1. The molecule has 0 fully saturated rings. The summed E-state index contributed by atoms with van der Waals surface area (Å²) in [7, 11) is 1.46. The number of hydrogen-bond acceptors (Lipinski definition) is 2. The summed E-state index contributed by atoms with van der Waals surface area (Å²) in [5.74, 6) is -0.0844. The molecule has 4 heteroatoms. The third-order valence-electron chi connectivity index (χ3n) is 3.18. The minimum Gasteiger partial charge on any atom is -0.494 e. The molecule has 0 heterocycles. The first-order valence-corrected chi connectivity index (χ1v) is 6.79. The molecular formula is C16H17ClFNO. The van der Waals surface area contributed by atoms with E-state index in [1.807, 2.05) is 37.3 Å². The smallest absolute Gasteiger partial charge is 0.165 e. The second kappa shape index (κ2) is 6.73. The molecule has 0 aliphatic heterocycles. The van der Waals surface area contributed by atoms with Crippen molar-refractivity contribution in [1.82, 2.24) is 5.32 Å². The number of methoxy groups -OCH3 is 1. The fraction of sp³-hybridized carbons (Fsp3) is 0.250. The van der Waals surface area contributed by atoms with Crippen LogP contribution >= 0.6 is 11.6 Å². The number of ether oxygens (including phenoxy) is 1. The van der Waals surface area contributed by atoms with Gasteiger partial charge in [0.25, 0.3) is 0 Å². The van der Waals surface area contributed by atoms with Gasteiger partial charge in [-0.05, 0) is 42.3 Å². The summed E-state index contributed by atoms with van der Waals surface area (Å²) < 4.78 is 18.5. The van der Waals surface area contributed by atoms with Gasteiger partial charge in [0, 0.05) is 17.6 Å². The summed E-state index contributed by atoms with van der Waals surface area (Å²) in [6.07, 6.45) is 0. The Morgan fingerprint density at radius 2 is 2.05 bits per heavy atom. The highest BCUT2D eigenvalue weighted by atomic mass is 35.5. The third kappa shape index (κ3) is 3.71. The summed E-state index contributed by atoms with van der Waals surface area (Å²) in [5.41, 5.74) is 1.98. The number of halogens is 2. The third-order valence-corrected chi connectivity index (χ3v) is 3.41. The lowest BCUT2D eigenvalue weighted by Gasteiger charge is -2.15. The SMILES string of the molecule is COc1ccc(CN[C@@H](C)c2cccc(Cl)c2)cc1F. The van der Waals surface area contributed by atoms with Gasteiger partial charge in [0.1, 0.15) is 0 Å². The monoisotopic (exact) mass is 293 g/mol. The molecular weight excluding hydrogens is 277 g/mol. The van der Waals surface area contributed by atoms with E-state index in [9.17, 15) is 4.39 Å². The Labute approximate surface area is 123 Å². The first-order chi connectivity index (χ1) is 9.60. The molecule has 106 valence electrons. The number of hydrogen-bond donors (Lipinski definition) is 1. The molecule has 20 heavy (non-hydrogen) atoms. The van der Waals surface area contributed by atoms with Gasteiger partial charge in [-0.3, -0.25) is 0 Å². The molecule has 0 unspecified atom stereocenters. The lowest BCUT2D eigenvalue weighted by Crippen LogP contribution is -2.18. The fourth-order valence-corrected chi connectivity index (χ4v) is 2.18. The van der Waals surface area contributed by atoms with Crippen LogP contribution in [0.15, 0.2) is 42.5 Å². The van der Waals surface area contributed by atoms with Crippen molar-refractivity contribution in [2.75, 3.05) is 7.11 Å². The summed E-state index contributed by atoms with van der Waals surface area (Å²) in [6.45, 7) is 2.63. The quantitative estimate of drug-likeness (QED) is 0.885. The van der Waals surface area contributed by atoms with E-state index in [2.05, 4.69) is 5.32 Å². The minimum absolute atomic E-state index is 0.138. The second-order valence-corrected chi connectivity index (χ2v) is 5.06. The van der Waals surface area contributed by atoms with E-state index in [0.29, 0.717) is 11.6 Å². The molecule has 1 N–H and O–H groups in total. The summed E-state index contributed by atoms with van der Waals surface area (Å²) in [5, 5.41) is 4.06. The van der Waals surface area contributed by atoms with Crippen molar-refractivity contribution in [3.8, 4) is 5.75 Å². The largest absolute Gasteiger partial charge is 0.494 e. The Hall–Kier alpha value is -1.58. The molecule has 0 aromatic heterocycles. The van der Waals surface area contributed by atoms with Gasteiger partial charge in [-0.25, -0.2) is 4.39 Å². The molecule has 0 aliphatic rings. The molecule has 0 bridgehead atoms. The average Bonchev–Trinajstić information content (AvgIpc) is 2.45. The zero-order valence-electron chi connectivity index (χ0n) is 11.5. The van der Waals surface area contributed by atoms with Crippen LogP contribution in [-0.2, 0) is 6.54 Å². The van der Waals surface area contributed by atoms with Gasteiger partial charge in [-0.2, -0.15) is 0 Å². The summed E-state index contributed by atoms with van der Waals surface area (Å²) in [6, 6.07) is 12.8. The van der Waals surface area contributed by atoms with Crippen molar-refractivity contribution in [3.63, 3.8) is 0 Å². The molecule has 0 saturated heterocycles. The highest BCUT2D eigenvalue weighted by molar-refractivity contribution is 6.30. The predicted octanol–water partition coefficient (Wildman–Crippen LogP) is 4.34. The van der Waals surface area contributed by atoms with Crippen LogP contribution in [0.4, 0.5) is 4.39 Å². The van der Waals surface area contributed by atoms with E-state index >= 15 is 0 Å². The normalized spacial score (nSPS) is 12.2. The van der Waals surface area contributed by atoms with E-state index in [-0.39, 0.29) is 17.6 Å². The van der Waals surface area contributed by atoms with Crippen LogP contribution in [0.1, 0.15) is 24.1 Å². The van der Waals surface area contributed by atoms with E-state index in [1.54, 1.807) is 6.07 Å². The van der Waals surface area contributed by atoms with E-state index in [1.165, 1.54) is 13.2 Å². The van der Waals surface area contributed by atoms with Crippen molar-refractivity contribution < 1.29 is 9.13 Å². The highest BCUT2D eigenvalue weighted by Crippen LogP contribution is 2.20.